The highest BCUT2D eigenvalue weighted by molar-refractivity contribution is 5.91. The third-order valence-electron chi connectivity index (χ3n) is 1.91. The van der Waals surface area contributed by atoms with Crippen LogP contribution in [0.4, 0.5) is 4.39 Å². The third-order valence-corrected chi connectivity index (χ3v) is 1.91. The van der Waals surface area contributed by atoms with Gasteiger partial charge < -0.3 is 9.84 Å². The minimum atomic E-state index is -1.07. The zero-order valence-electron chi connectivity index (χ0n) is 8.45. The first kappa shape index (κ1) is 11.2. The molecule has 1 aromatic rings. The van der Waals surface area contributed by atoms with Crippen LogP contribution in [0.15, 0.2) is 23.8 Å². The summed E-state index contributed by atoms with van der Waals surface area (Å²) in [5.74, 6) is -1.06. The SMILES string of the molecule is COc1ccc(F)c(/C=C(\C)C(=O)O)c1. The van der Waals surface area contributed by atoms with Gasteiger partial charge in [-0.1, -0.05) is 0 Å². The van der Waals surface area contributed by atoms with Gasteiger partial charge in [-0.15, -0.1) is 0 Å². The highest BCUT2D eigenvalue weighted by Crippen LogP contribution is 2.18. The molecule has 0 spiro atoms. The van der Waals surface area contributed by atoms with Gasteiger partial charge in [0.25, 0.3) is 0 Å². The molecule has 0 saturated heterocycles. The number of ether oxygens (including phenoxy) is 1. The molecule has 15 heavy (non-hydrogen) atoms. The van der Waals surface area contributed by atoms with E-state index in [0.717, 1.165) is 0 Å². The number of hydrogen-bond acceptors (Lipinski definition) is 2. The average Bonchev–Trinajstić information content (AvgIpc) is 2.21. The van der Waals surface area contributed by atoms with Gasteiger partial charge >= 0.3 is 5.97 Å². The Hall–Kier alpha value is -1.84. The smallest absolute Gasteiger partial charge is 0.331 e. The second-order valence-corrected chi connectivity index (χ2v) is 3.02. The van der Waals surface area contributed by atoms with Gasteiger partial charge in [-0.25, -0.2) is 9.18 Å². The molecule has 0 amide bonds. The predicted octanol–water partition coefficient (Wildman–Crippen LogP) is 2.32. The predicted molar refractivity (Wildman–Crippen MR) is 54.2 cm³/mol. The first-order chi connectivity index (χ1) is 7.04. The first-order valence-electron chi connectivity index (χ1n) is 4.29. The second-order valence-electron chi connectivity index (χ2n) is 3.02. The van der Waals surface area contributed by atoms with Crippen molar-refractivity contribution in [3.63, 3.8) is 0 Å². The number of carboxylic acid groups (broad SMARTS) is 1. The number of methoxy groups -OCH3 is 1. The van der Waals surface area contributed by atoms with Crippen LogP contribution in [0.3, 0.4) is 0 Å². The van der Waals surface area contributed by atoms with Crippen molar-refractivity contribution in [1.82, 2.24) is 0 Å². The standard InChI is InChI=1S/C11H11FO3/c1-7(11(13)14)5-8-6-9(15-2)3-4-10(8)12/h3-6H,1-2H3,(H,13,14)/b7-5+. The summed E-state index contributed by atoms with van der Waals surface area (Å²) in [6.45, 7) is 1.40. The van der Waals surface area contributed by atoms with E-state index in [4.69, 9.17) is 9.84 Å². The van der Waals surface area contributed by atoms with E-state index in [1.807, 2.05) is 0 Å². The van der Waals surface area contributed by atoms with Gasteiger partial charge in [-0.2, -0.15) is 0 Å². The number of halogens is 1. The molecular weight excluding hydrogens is 199 g/mol. The summed E-state index contributed by atoms with van der Waals surface area (Å²) in [4.78, 5) is 10.5. The quantitative estimate of drug-likeness (QED) is 0.779. The van der Waals surface area contributed by atoms with Crippen LogP contribution in [-0.4, -0.2) is 18.2 Å². The fourth-order valence-electron chi connectivity index (χ4n) is 1.05. The number of carboxylic acids is 1. The first-order valence-corrected chi connectivity index (χ1v) is 4.29. The molecule has 0 aliphatic heterocycles. The zero-order chi connectivity index (χ0) is 11.4. The Balaban J connectivity index is 3.13. The molecule has 0 aliphatic rings. The van der Waals surface area contributed by atoms with Crippen molar-refractivity contribution in [2.24, 2.45) is 0 Å². The lowest BCUT2D eigenvalue weighted by Gasteiger charge is -2.02. The molecule has 0 heterocycles. The maximum Gasteiger partial charge on any atom is 0.331 e. The van der Waals surface area contributed by atoms with Crippen LogP contribution in [0, 0.1) is 5.82 Å². The number of aliphatic carboxylic acids is 1. The lowest BCUT2D eigenvalue weighted by molar-refractivity contribution is -0.132. The van der Waals surface area contributed by atoms with Crippen molar-refractivity contribution >= 4 is 12.0 Å². The van der Waals surface area contributed by atoms with E-state index in [9.17, 15) is 9.18 Å². The number of rotatable bonds is 3. The molecule has 3 nitrogen and oxygen atoms in total. The van der Waals surface area contributed by atoms with Crippen LogP contribution in [0.2, 0.25) is 0 Å². The van der Waals surface area contributed by atoms with Gasteiger partial charge in [0.2, 0.25) is 0 Å². The van der Waals surface area contributed by atoms with Crippen molar-refractivity contribution in [3.8, 4) is 5.75 Å². The molecule has 80 valence electrons. The van der Waals surface area contributed by atoms with Crippen molar-refractivity contribution < 1.29 is 19.0 Å². The molecular formula is C11H11FO3. The van der Waals surface area contributed by atoms with Crippen LogP contribution < -0.4 is 4.74 Å². The van der Waals surface area contributed by atoms with Gasteiger partial charge in [0.15, 0.2) is 0 Å². The Bertz CT molecular complexity index is 410. The monoisotopic (exact) mass is 210 g/mol. The van der Waals surface area contributed by atoms with Crippen molar-refractivity contribution in [1.29, 1.82) is 0 Å². The Morgan fingerprint density at radius 2 is 2.20 bits per heavy atom. The largest absolute Gasteiger partial charge is 0.497 e. The lowest BCUT2D eigenvalue weighted by Crippen LogP contribution is -1.96. The summed E-state index contributed by atoms with van der Waals surface area (Å²) in [5.41, 5.74) is 0.274. The van der Waals surface area contributed by atoms with Crippen LogP contribution in [0.1, 0.15) is 12.5 Å². The number of hydrogen-bond donors (Lipinski definition) is 1. The summed E-state index contributed by atoms with van der Waals surface area (Å²) in [6.07, 6.45) is 1.26. The lowest BCUT2D eigenvalue weighted by atomic mass is 10.1. The summed E-state index contributed by atoms with van der Waals surface area (Å²) in [5, 5.41) is 8.64. The van der Waals surface area contributed by atoms with Gasteiger partial charge in [0, 0.05) is 11.1 Å². The fraction of sp³-hybridized carbons (Fsp3) is 0.182. The number of benzene rings is 1. The Morgan fingerprint density at radius 1 is 1.53 bits per heavy atom. The average molecular weight is 210 g/mol. The normalized spacial score (nSPS) is 11.3. The maximum absolute atomic E-state index is 13.2. The Morgan fingerprint density at radius 3 is 2.73 bits per heavy atom. The van der Waals surface area contributed by atoms with Crippen LogP contribution in [-0.2, 0) is 4.79 Å². The van der Waals surface area contributed by atoms with E-state index in [1.54, 1.807) is 0 Å². The van der Waals surface area contributed by atoms with Gasteiger partial charge in [-0.3, -0.25) is 0 Å². The van der Waals surface area contributed by atoms with Gasteiger partial charge in [0.05, 0.1) is 7.11 Å². The van der Waals surface area contributed by atoms with E-state index >= 15 is 0 Å². The molecule has 0 aromatic heterocycles. The molecule has 1 rings (SSSR count). The molecule has 4 heteroatoms. The van der Waals surface area contributed by atoms with Gasteiger partial charge in [0.1, 0.15) is 11.6 Å². The minimum Gasteiger partial charge on any atom is -0.497 e. The summed E-state index contributed by atoms with van der Waals surface area (Å²) >= 11 is 0. The van der Waals surface area contributed by atoms with Crippen LogP contribution >= 0.6 is 0 Å². The molecule has 1 aromatic carbocycles. The fourth-order valence-corrected chi connectivity index (χ4v) is 1.05. The summed E-state index contributed by atoms with van der Waals surface area (Å²) < 4.78 is 18.1. The Labute approximate surface area is 86.8 Å². The molecule has 1 N–H and O–H groups in total. The summed E-state index contributed by atoms with van der Waals surface area (Å²) in [6, 6.07) is 4.16. The Kier molecular flexibility index (Phi) is 3.44. The zero-order valence-corrected chi connectivity index (χ0v) is 8.45. The van der Waals surface area contributed by atoms with E-state index in [0.29, 0.717) is 5.75 Å². The second kappa shape index (κ2) is 4.59. The molecule has 0 radical (unpaired) electrons. The minimum absolute atomic E-state index is 0.0714. The van der Waals surface area contributed by atoms with Crippen LogP contribution in [0.5, 0.6) is 5.75 Å². The third kappa shape index (κ3) is 2.80. The van der Waals surface area contributed by atoms with E-state index in [-0.39, 0.29) is 11.1 Å². The van der Waals surface area contributed by atoms with E-state index in [2.05, 4.69) is 0 Å². The van der Waals surface area contributed by atoms with Crippen molar-refractivity contribution in [2.75, 3.05) is 7.11 Å². The maximum atomic E-state index is 13.2. The van der Waals surface area contributed by atoms with Crippen molar-refractivity contribution in [3.05, 3.63) is 35.2 Å². The number of carbonyl (C=O) groups is 1. The molecule has 0 atom stereocenters. The molecule has 0 bridgehead atoms. The van der Waals surface area contributed by atoms with Gasteiger partial charge in [-0.05, 0) is 31.2 Å². The molecule has 0 unspecified atom stereocenters. The van der Waals surface area contributed by atoms with Crippen molar-refractivity contribution in [2.45, 2.75) is 6.92 Å². The highest BCUT2D eigenvalue weighted by Gasteiger charge is 2.05. The molecule has 0 fully saturated rings. The topological polar surface area (TPSA) is 46.5 Å². The van der Waals surface area contributed by atoms with Crippen LogP contribution in [0.25, 0.3) is 6.08 Å². The van der Waals surface area contributed by atoms with E-state index < -0.39 is 11.8 Å². The highest BCUT2D eigenvalue weighted by atomic mass is 19.1. The summed E-state index contributed by atoms with van der Waals surface area (Å²) in [7, 11) is 1.46. The van der Waals surface area contributed by atoms with E-state index in [1.165, 1.54) is 38.3 Å². The molecule has 0 saturated carbocycles. The molecule has 0 aliphatic carbocycles.